The second kappa shape index (κ2) is 17.9. The van der Waals surface area contributed by atoms with Gasteiger partial charge in [0.05, 0.1) is 19.4 Å². The van der Waals surface area contributed by atoms with Crippen LogP contribution in [0.4, 0.5) is 0 Å². The van der Waals surface area contributed by atoms with Crippen molar-refractivity contribution in [3.05, 3.63) is 12.2 Å². The van der Waals surface area contributed by atoms with Crippen molar-refractivity contribution in [1.29, 1.82) is 0 Å². The number of carbonyl (C=O) groups is 2. The highest BCUT2D eigenvalue weighted by Crippen LogP contribution is 2.31. The zero-order chi connectivity index (χ0) is 25.2. The zero-order valence-corrected chi connectivity index (χ0v) is 22.3. The molecule has 2 aliphatic heterocycles. The van der Waals surface area contributed by atoms with Crippen LogP contribution >= 0.6 is 0 Å². The van der Waals surface area contributed by atoms with E-state index in [4.69, 9.17) is 18.9 Å². The minimum absolute atomic E-state index is 0.0254. The summed E-state index contributed by atoms with van der Waals surface area (Å²) in [5, 5.41) is 0. The van der Waals surface area contributed by atoms with Gasteiger partial charge in [0.1, 0.15) is 26.7 Å². The fraction of sp³-hybridized carbons (Fsp3) is 0.857. The van der Waals surface area contributed by atoms with Crippen molar-refractivity contribution in [2.45, 2.75) is 115 Å². The van der Waals surface area contributed by atoms with Crippen molar-refractivity contribution in [2.24, 2.45) is 5.92 Å². The molecule has 202 valence electrons. The third kappa shape index (κ3) is 11.4. The van der Waals surface area contributed by atoms with Gasteiger partial charge >= 0.3 is 11.9 Å². The molecule has 0 amide bonds. The molecular weight excluding hydrogens is 446 g/mol. The van der Waals surface area contributed by atoms with E-state index in [2.05, 4.69) is 6.92 Å². The minimum Gasteiger partial charge on any atom is -0.469 e. The Hall–Kier alpha value is -1.44. The SMILES string of the molecule is CCCCCCCCCCCCCCCCC=CC(CC(=O)OC)C(=O)OC12COCN1COC2. The van der Waals surface area contributed by atoms with Gasteiger partial charge in [-0.1, -0.05) is 103 Å². The number of rotatable bonds is 20. The molecule has 2 saturated heterocycles. The van der Waals surface area contributed by atoms with Crippen LogP contribution in [0.2, 0.25) is 0 Å². The lowest BCUT2D eigenvalue weighted by atomic mass is 10.0. The largest absolute Gasteiger partial charge is 0.469 e. The van der Waals surface area contributed by atoms with E-state index in [1.165, 1.54) is 90.6 Å². The monoisotopic (exact) mass is 495 g/mol. The molecule has 0 spiro atoms. The van der Waals surface area contributed by atoms with E-state index in [0.717, 1.165) is 12.8 Å². The van der Waals surface area contributed by atoms with Gasteiger partial charge in [-0.2, -0.15) is 0 Å². The molecule has 2 heterocycles. The number of methoxy groups -OCH3 is 1. The number of fused-ring (bicyclic) bond motifs is 1. The van der Waals surface area contributed by atoms with Crippen LogP contribution in [-0.4, -0.2) is 56.3 Å². The molecule has 0 aromatic rings. The number of allylic oxidation sites excluding steroid dienone is 1. The summed E-state index contributed by atoms with van der Waals surface area (Å²) in [4.78, 5) is 26.6. The second-order valence-electron chi connectivity index (χ2n) is 10.1. The number of nitrogens with zero attached hydrogens (tertiary/aromatic N) is 1. The molecule has 0 aromatic carbocycles. The summed E-state index contributed by atoms with van der Waals surface area (Å²) in [6.45, 7) is 3.59. The molecular formula is C28H49NO6. The summed E-state index contributed by atoms with van der Waals surface area (Å²) in [7, 11) is 1.33. The smallest absolute Gasteiger partial charge is 0.315 e. The first-order valence-electron chi connectivity index (χ1n) is 14.0. The van der Waals surface area contributed by atoms with Crippen molar-refractivity contribution in [2.75, 3.05) is 33.8 Å². The average molecular weight is 496 g/mol. The number of esters is 2. The molecule has 35 heavy (non-hydrogen) atoms. The summed E-state index contributed by atoms with van der Waals surface area (Å²) >= 11 is 0. The molecule has 2 rings (SSSR count). The van der Waals surface area contributed by atoms with Gasteiger partial charge in [0, 0.05) is 0 Å². The van der Waals surface area contributed by atoms with Crippen LogP contribution in [0.3, 0.4) is 0 Å². The topological polar surface area (TPSA) is 74.3 Å². The van der Waals surface area contributed by atoms with Crippen LogP contribution < -0.4 is 0 Å². The van der Waals surface area contributed by atoms with Gasteiger partial charge in [-0.15, -0.1) is 0 Å². The molecule has 0 aliphatic carbocycles. The number of hydrogen-bond acceptors (Lipinski definition) is 7. The van der Waals surface area contributed by atoms with E-state index in [0.29, 0.717) is 13.5 Å². The molecule has 0 aromatic heterocycles. The molecule has 7 nitrogen and oxygen atoms in total. The number of carbonyl (C=O) groups excluding carboxylic acids is 2. The van der Waals surface area contributed by atoms with E-state index in [9.17, 15) is 9.59 Å². The second-order valence-corrected chi connectivity index (χ2v) is 10.1. The highest BCUT2D eigenvalue weighted by Gasteiger charge is 2.50. The highest BCUT2D eigenvalue weighted by molar-refractivity contribution is 5.81. The lowest BCUT2D eigenvalue weighted by molar-refractivity contribution is -0.175. The van der Waals surface area contributed by atoms with Gasteiger partial charge in [0.2, 0.25) is 5.72 Å². The summed E-state index contributed by atoms with van der Waals surface area (Å²) in [6.07, 6.45) is 23.4. The Balaban J connectivity index is 1.55. The van der Waals surface area contributed by atoms with Gasteiger partial charge in [-0.3, -0.25) is 9.59 Å². The Bertz CT molecular complexity index is 613. The van der Waals surface area contributed by atoms with Crippen molar-refractivity contribution < 1.29 is 28.5 Å². The fourth-order valence-electron chi connectivity index (χ4n) is 4.72. The summed E-state index contributed by atoms with van der Waals surface area (Å²) in [5.41, 5.74) is -0.867. The van der Waals surface area contributed by atoms with Crippen LogP contribution in [0.15, 0.2) is 12.2 Å². The van der Waals surface area contributed by atoms with E-state index >= 15 is 0 Å². The van der Waals surface area contributed by atoms with E-state index in [1.54, 1.807) is 6.08 Å². The van der Waals surface area contributed by atoms with Crippen LogP contribution in [0.1, 0.15) is 110 Å². The molecule has 0 bridgehead atoms. The normalized spacial score (nSPS) is 18.1. The first kappa shape index (κ1) is 29.8. The van der Waals surface area contributed by atoms with E-state index in [1.807, 2.05) is 11.0 Å². The van der Waals surface area contributed by atoms with Crippen molar-refractivity contribution >= 4 is 11.9 Å². The maximum Gasteiger partial charge on any atom is 0.315 e. The number of ether oxygens (including phenoxy) is 4. The predicted molar refractivity (Wildman–Crippen MR) is 136 cm³/mol. The van der Waals surface area contributed by atoms with Gasteiger partial charge in [0.25, 0.3) is 0 Å². The highest BCUT2D eigenvalue weighted by atomic mass is 16.7. The van der Waals surface area contributed by atoms with Gasteiger partial charge in [0.15, 0.2) is 0 Å². The maximum absolute atomic E-state index is 12.9. The average Bonchev–Trinajstić information content (AvgIpc) is 3.42. The van der Waals surface area contributed by atoms with Crippen LogP contribution in [-0.2, 0) is 28.5 Å². The lowest BCUT2D eigenvalue weighted by Gasteiger charge is -2.28. The lowest BCUT2D eigenvalue weighted by Crippen LogP contribution is -2.48. The third-order valence-electron chi connectivity index (χ3n) is 7.03. The maximum atomic E-state index is 12.9. The molecule has 7 heteroatoms. The molecule has 2 fully saturated rings. The number of hydrogen-bond donors (Lipinski definition) is 0. The third-order valence-corrected chi connectivity index (χ3v) is 7.03. The van der Waals surface area contributed by atoms with Gasteiger partial charge in [-0.25, -0.2) is 4.90 Å². The predicted octanol–water partition coefficient (Wildman–Crippen LogP) is 6.11. The minimum atomic E-state index is -0.867. The summed E-state index contributed by atoms with van der Waals surface area (Å²) in [6, 6.07) is 0. The van der Waals surface area contributed by atoms with E-state index < -0.39 is 23.6 Å². The first-order valence-corrected chi connectivity index (χ1v) is 14.0. The quantitative estimate of drug-likeness (QED) is 0.115. The fourth-order valence-corrected chi connectivity index (χ4v) is 4.72. The Labute approximate surface area is 212 Å². The molecule has 0 N–H and O–H groups in total. The summed E-state index contributed by atoms with van der Waals surface area (Å²) < 4.78 is 21.5. The Kier molecular flexibility index (Phi) is 15.2. The molecule has 0 saturated carbocycles. The zero-order valence-electron chi connectivity index (χ0n) is 22.3. The molecule has 2 aliphatic rings. The summed E-state index contributed by atoms with van der Waals surface area (Å²) in [5.74, 6) is -1.52. The van der Waals surface area contributed by atoms with Crippen LogP contribution in [0, 0.1) is 5.92 Å². The van der Waals surface area contributed by atoms with Gasteiger partial charge < -0.3 is 18.9 Å². The van der Waals surface area contributed by atoms with E-state index in [-0.39, 0.29) is 19.6 Å². The molecule has 0 radical (unpaired) electrons. The number of unbranched alkanes of at least 4 members (excludes halogenated alkanes) is 14. The molecule has 1 unspecified atom stereocenters. The Morgan fingerprint density at radius 3 is 1.89 bits per heavy atom. The Morgan fingerprint density at radius 2 is 1.37 bits per heavy atom. The molecule has 1 atom stereocenters. The standard InChI is InChI=1S/C28H49NO6/c1-3-4-5-6-7-8-9-10-11-12-13-14-15-16-17-18-19-25(20-26(30)32-2)27(31)35-28-21-33-23-29(28)24-34-22-28/h18-19,25H,3-17,20-24H2,1-2H3. The van der Waals surface area contributed by atoms with Crippen molar-refractivity contribution in [1.82, 2.24) is 4.90 Å². The van der Waals surface area contributed by atoms with Gasteiger partial charge in [-0.05, 0) is 12.8 Å². The van der Waals surface area contributed by atoms with Crippen LogP contribution in [0.5, 0.6) is 0 Å². The van der Waals surface area contributed by atoms with Crippen LogP contribution in [0.25, 0.3) is 0 Å². The van der Waals surface area contributed by atoms with Crippen molar-refractivity contribution in [3.8, 4) is 0 Å². The van der Waals surface area contributed by atoms with Crippen molar-refractivity contribution in [3.63, 3.8) is 0 Å². The first-order chi connectivity index (χ1) is 17.1. The Morgan fingerprint density at radius 1 is 0.857 bits per heavy atom.